The van der Waals surface area contributed by atoms with E-state index in [-0.39, 0.29) is 29.3 Å². The number of aliphatic hydroxyl groups is 1. The lowest BCUT2D eigenvalue weighted by Crippen LogP contribution is -2.53. The summed E-state index contributed by atoms with van der Waals surface area (Å²) in [7, 11) is 0. The van der Waals surface area contributed by atoms with E-state index in [1.807, 2.05) is 38.1 Å². The average Bonchev–Trinajstić information content (AvgIpc) is 3.15. The van der Waals surface area contributed by atoms with Gasteiger partial charge in [-0.25, -0.2) is 0 Å². The number of benzene rings is 1. The summed E-state index contributed by atoms with van der Waals surface area (Å²) in [6.07, 6.45) is 0.251. The summed E-state index contributed by atoms with van der Waals surface area (Å²) in [5.74, 6) is -0.825. The molecule has 0 radical (unpaired) electrons. The van der Waals surface area contributed by atoms with Crippen molar-refractivity contribution >= 4 is 23.4 Å². The van der Waals surface area contributed by atoms with Gasteiger partial charge in [-0.2, -0.15) is 0 Å². The summed E-state index contributed by atoms with van der Waals surface area (Å²) < 4.78 is 0. The molecule has 8 heteroatoms. The van der Waals surface area contributed by atoms with Gasteiger partial charge in [-0.1, -0.05) is 38.5 Å². The number of nitrogens with zero attached hydrogens (tertiary/aromatic N) is 2. The van der Waals surface area contributed by atoms with Gasteiger partial charge >= 0.3 is 0 Å². The van der Waals surface area contributed by atoms with Crippen molar-refractivity contribution in [3.63, 3.8) is 0 Å². The Labute approximate surface area is 174 Å². The third-order valence-corrected chi connectivity index (χ3v) is 5.96. The zero-order valence-electron chi connectivity index (χ0n) is 17.1. The number of amides is 3. The lowest BCUT2D eigenvalue weighted by molar-refractivity contribution is -0.122. The third kappa shape index (κ3) is 3.59. The molecule has 2 unspecified atom stereocenters. The van der Waals surface area contributed by atoms with Gasteiger partial charge in [0, 0.05) is 25.3 Å². The quantitative estimate of drug-likeness (QED) is 0.715. The summed E-state index contributed by atoms with van der Waals surface area (Å²) in [6, 6.07) is 9.99. The largest absolute Gasteiger partial charge is 0.389 e. The van der Waals surface area contributed by atoms with E-state index in [1.54, 1.807) is 17.0 Å². The standard InChI is InChI=1S/C22H26N4O4/c1-3-13(2)19-20(28)24-16-7-5-4-6-14(16)10-26(19)22(30)18-9-8-17(23-18)21(29)25-11-15(27)12-25/h4-9,13,15,19,23,27H,3,10-12H2,1-2H3,(H,24,28). The van der Waals surface area contributed by atoms with Gasteiger partial charge < -0.3 is 25.2 Å². The molecule has 3 heterocycles. The highest BCUT2D eigenvalue weighted by molar-refractivity contribution is 6.03. The molecule has 4 rings (SSSR count). The Morgan fingerprint density at radius 2 is 1.80 bits per heavy atom. The number of anilines is 1. The normalized spacial score (nSPS) is 20.1. The second-order valence-corrected chi connectivity index (χ2v) is 8.06. The number of carbonyl (C=O) groups excluding carboxylic acids is 3. The molecule has 2 aliphatic rings. The molecule has 0 saturated carbocycles. The molecule has 30 heavy (non-hydrogen) atoms. The molecular formula is C22H26N4O4. The first-order chi connectivity index (χ1) is 14.4. The number of hydrogen-bond acceptors (Lipinski definition) is 4. The van der Waals surface area contributed by atoms with E-state index in [0.29, 0.717) is 31.0 Å². The zero-order chi connectivity index (χ0) is 21.4. The lowest BCUT2D eigenvalue weighted by Gasteiger charge is -2.35. The van der Waals surface area contributed by atoms with Gasteiger partial charge in [-0.3, -0.25) is 14.4 Å². The fourth-order valence-corrected chi connectivity index (χ4v) is 3.99. The first kappa shape index (κ1) is 20.2. The number of fused-ring (bicyclic) bond motifs is 1. The highest BCUT2D eigenvalue weighted by Gasteiger charge is 2.38. The Balaban J connectivity index is 1.63. The fraction of sp³-hybridized carbons (Fsp3) is 0.409. The van der Waals surface area contributed by atoms with Crippen molar-refractivity contribution in [2.75, 3.05) is 18.4 Å². The van der Waals surface area contributed by atoms with Gasteiger partial charge in [0.05, 0.1) is 6.10 Å². The van der Waals surface area contributed by atoms with Crippen LogP contribution in [0.1, 0.15) is 46.8 Å². The zero-order valence-corrected chi connectivity index (χ0v) is 17.1. The maximum absolute atomic E-state index is 13.4. The predicted octanol–water partition coefficient (Wildman–Crippen LogP) is 1.84. The summed E-state index contributed by atoms with van der Waals surface area (Å²) in [4.78, 5) is 44.9. The predicted molar refractivity (Wildman–Crippen MR) is 111 cm³/mol. The van der Waals surface area contributed by atoms with E-state index in [2.05, 4.69) is 10.3 Å². The van der Waals surface area contributed by atoms with Gasteiger partial charge in [-0.15, -0.1) is 0 Å². The maximum Gasteiger partial charge on any atom is 0.271 e. The van der Waals surface area contributed by atoms with Crippen LogP contribution in [0, 0.1) is 5.92 Å². The number of H-pyrrole nitrogens is 1. The molecule has 2 atom stereocenters. The molecule has 1 saturated heterocycles. The smallest absolute Gasteiger partial charge is 0.271 e. The third-order valence-electron chi connectivity index (χ3n) is 5.96. The molecule has 1 aromatic carbocycles. The second-order valence-electron chi connectivity index (χ2n) is 8.06. The van der Waals surface area contributed by atoms with Crippen LogP contribution in [0.5, 0.6) is 0 Å². The van der Waals surface area contributed by atoms with E-state index in [1.165, 1.54) is 4.90 Å². The monoisotopic (exact) mass is 410 g/mol. The number of nitrogens with one attached hydrogen (secondary N) is 2. The van der Waals surface area contributed by atoms with Crippen molar-refractivity contribution in [1.29, 1.82) is 0 Å². The molecule has 1 aromatic heterocycles. The maximum atomic E-state index is 13.4. The molecule has 0 bridgehead atoms. The van der Waals surface area contributed by atoms with Crippen LogP contribution in [0.25, 0.3) is 0 Å². The molecule has 2 aliphatic heterocycles. The highest BCUT2D eigenvalue weighted by atomic mass is 16.3. The molecule has 1 fully saturated rings. The summed E-state index contributed by atoms with van der Waals surface area (Å²) in [6.45, 7) is 4.83. The minimum absolute atomic E-state index is 0.0399. The minimum atomic E-state index is -0.622. The lowest BCUT2D eigenvalue weighted by atomic mass is 9.96. The van der Waals surface area contributed by atoms with Crippen molar-refractivity contribution in [3.05, 3.63) is 53.3 Å². The highest BCUT2D eigenvalue weighted by Crippen LogP contribution is 2.28. The van der Waals surface area contributed by atoms with Crippen LogP contribution >= 0.6 is 0 Å². The van der Waals surface area contributed by atoms with Gasteiger partial charge in [-0.05, 0) is 29.7 Å². The second kappa shape index (κ2) is 7.95. The Kier molecular flexibility index (Phi) is 5.34. The van der Waals surface area contributed by atoms with Crippen molar-refractivity contribution < 1.29 is 19.5 Å². The van der Waals surface area contributed by atoms with Crippen LogP contribution in [0.2, 0.25) is 0 Å². The number of rotatable bonds is 4. The van der Waals surface area contributed by atoms with Gasteiger partial charge in [0.15, 0.2) is 0 Å². The Bertz CT molecular complexity index is 979. The molecule has 2 aromatic rings. The number of hydrogen-bond donors (Lipinski definition) is 3. The van der Waals surface area contributed by atoms with E-state index in [0.717, 1.165) is 12.0 Å². The van der Waals surface area contributed by atoms with Crippen molar-refractivity contribution in [2.24, 2.45) is 5.92 Å². The number of β-amino-alcohol motifs (C(OH)–C–C–N with tert-alkyl or cyclic N) is 1. The van der Waals surface area contributed by atoms with Crippen molar-refractivity contribution in [3.8, 4) is 0 Å². The topological polar surface area (TPSA) is 106 Å². The summed E-state index contributed by atoms with van der Waals surface area (Å²) in [5.41, 5.74) is 2.14. The van der Waals surface area contributed by atoms with E-state index < -0.39 is 12.1 Å². The van der Waals surface area contributed by atoms with E-state index in [9.17, 15) is 19.5 Å². The average molecular weight is 410 g/mol. The van der Waals surface area contributed by atoms with E-state index in [4.69, 9.17) is 0 Å². The molecule has 3 N–H and O–H groups in total. The van der Waals surface area contributed by atoms with E-state index >= 15 is 0 Å². The van der Waals surface area contributed by atoms with Crippen LogP contribution in [-0.2, 0) is 11.3 Å². The fourth-order valence-electron chi connectivity index (χ4n) is 3.99. The van der Waals surface area contributed by atoms with Crippen LogP contribution < -0.4 is 5.32 Å². The van der Waals surface area contributed by atoms with Crippen LogP contribution in [0.3, 0.4) is 0 Å². The van der Waals surface area contributed by atoms with Crippen molar-refractivity contribution in [1.82, 2.24) is 14.8 Å². The SMILES string of the molecule is CCC(C)C1C(=O)Nc2ccccc2CN1C(=O)c1ccc(C(=O)N2CC(O)C2)[nH]1. The number of likely N-dealkylation sites (tertiary alicyclic amines) is 1. The minimum Gasteiger partial charge on any atom is -0.389 e. The Hall–Kier alpha value is -3.13. The first-order valence-corrected chi connectivity index (χ1v) is 10.2. The number of aromatic nitrogens is 1. The first-order valence-electron chi connectivity index (χ1n) is 10.2. The summed E-state index contributed by atoms with van der Waals surface area (Å²) in [5, 5.41) is 12.4. The molecular weight excluding hydrogens is 384 g/mol. The van der Waals surface area contributed by atoms with Crippen molar-refractivity contribution in [2.45, 2.75) is 39.0 Å². The molecule has 8 nitrogen and oxygen atoms in total. The van der Waals surface area contributed by atoms with Gasteiger partial charge in [0.2, 0.25) is 5.91 Å². The molecule has 0 aliphatic carbocycles. The molecule has 158 valence electrons. The number of carbonyl (C=O) groups is 3. The van der Waals surface area contributed by atoms with Gasteiger partial charge in [0.1, 0.15) is 17.4 Å². The van der Waals surface area contributed by atoms with Gasteiger partial charge in [0.25, 0.3) is 11.8 Å². The summed E-state index contributed by atoms with van der Waals surface area (Å²) >= 11 is 0. The Morgan fingerprint density at radius 3 is 2.47 bits per heavy atom. The van der Waals surface area contributed by atoms with Crippen LogP contribution in [-0.4, -0.2) is 62.8 Å². The Morgan fingerprint density at radius 1 is 1.13 bits per heavy atom. The molecule has 0 spiro atoms. The number of aliphatic hydroxyl groups excluding tert-OH is 1. The number of aromatic amines is 1. The van der Waals surface area contributed by atoms with Crippen LogP contribution in [0.15, 0.2) is 36.4 Å². The number of para-hydroxylation sites is 1. The molecule has 3 amide bonds. The van der Waals surface area contributed by atoms with Crippen LogP contribution in [0.4, 0.5) is 5.69 Å².